The maximum atomic E-state index is 10.9. The van der Waals surface area contributed by atoms with Gasteiger partial charge >= 0.3 is 5.97 Å². The molecule has 1 N–H and O–H groups in total. The van der Waals surface area contributed by atoms with Gasteiger partial charge in [0.05, 0.1) is 19.8 Å². The monoisotopic (exact) mass is 162 g/mol. The van der Waals surface area contributed by atoms with Crippen molar-refractivity contribution in [3.8, 4) is 0 Å². The van der Waals surface area contributed by atoms with Crippen LogP contribution in [0, 0.1) is 5.92 Å². The van der Waals surface area contributed by atoms with E-state index in [0.29, 0.717) is 0 Å². The van der Waals surface area contributed by atoms with Crippen LogP contribution in [0.15, 0.2) is 0 Å². The zero-order chi connectivity index (χ0) is 8.10. The van der Waals surface area contributed by atoms with Crippen LogP contribution in [-0.2, 0) is 19.3 Å². The molecule has 1 aliphatic heterocycles. The number of hydrogen-bond donors (Lipinski definition) is 1. The molecular weight excluding hydrogens is 152 g/mol. The van der Waals surface area contributed by atoms with E-state index >= 15 is 0 Å². The normalized spacial score (nSPS) is 18.6. The molecule has 0 atom stereocenters. The lowest BCUT2D eigenvalue weighted by Gasteiger charge is -2.04. The molecule has 0 aromatic rings. The maximum absolute atomic E-state index is 10.9. The molecule has 5 heteroatoms. The van der Waals surface area contributed by atoms with Crippen molar-refractivity contribution in [1.82, 2.24) is 0 Å². The van der Waals surface area contributed by atoms with E-state index in [4.69, 9.17) is 5.11 Å². The van der Waals surface area contributed by atoms with Crippen LogP contribution in [0.3, 0.4) is 0 Å². The summed E-state index contributed by atoms with van der Waals surface area (Å²) in [5.74, 6) is -0.710. The average molecular weight is 162 g/mol. The summed E-state index contributed by atoms with van der Waals surface area (Å²) in [6.07, 6.45) is 0. The highest BCUT2D eigenvalue weighted by molar-refractivity contribution is 5.72. The smallest absolute Gasteiger partial charge is 0.313 e. The van der Waals surface area contributed by atoms with Crippen molar-refractivity contribution in [1.29, 1.82) is 0 Å². The van der Waals surface area contributed by atoms with Crippen LogP contribution in [0.4, 0.5) is 0 Å². The summed E-state index contributed by atoms with van der Waals surface area (Å²) < 4.78 is 4.63. The van der Waals surface area contributed by atoms with Crippen molar-refractivity contribution in [3.05, 3.63) is 0 Å². The Morgan fingerprint density at radius 2 is 2.18 bits per heavy atom. The second-order valence-corrected chi connectivity index (χ2v) is 2.16. The quantitative estimate of drug-likeness (QED) is 0.430. The maximum Gasteiger partial charge on any atom is 0.313 e. The molecule has 0 bridgehead atoms. The molecule has 0 radical (unpaired) electrons. The van der Waals surface area contributed by atoms with E-state index in [0.717, 1.165) is 0 Å². The molecule has 1 aliphatic rings. The van der Waals surface area contributed by atoms with Gasteiger partial charge in [-0.05, 0) is 0 Å². The van der Waals surface area contributed by atoms with Crippen molar-refractivity contribution < 1.29 is 24.4 Å². The minimum Gasteiger partial charge on any atom is -0.463 e. The topological polar surface area (TPSA) is 65.0 Å². The Morgan fingerprint density at radius 1 is 1.55 bits per heavy atom. The number of ether oxygens (including phenoxy) is 1. The van der Waals surface area contributed by atoms with Gasteiger partial charge < -0.3 is 9.84 Å². The van der Waals surface area contributed by atoms with Gasteiger partial charge in [-0.15, -0.1) is 0 Å². The molecule has 0 aliphatic carbocycles. The summed E-state index contributed by atoms with van der Waals surface area (Å²) in [6, 6.07) is 0. The Hall–Kier alpha value is -0.650. The summed E-state index contributed by atoms with van der Waals surface area (Å²) >= 11 is 0. The lowest BCUT2D eigenvalue weighted by Crippen LogP contribution is -2.21. The van der Waals surface area contributed by atoms with E-state index in [1.165, 1.54) is 0 Å². The second kappa shape index (κ2) is 4.27. The minimum absolute atomic E-state index is 0.0370. The predicted octanol–water partition coefficient (Wildman–Crippen LogP) is -0.900. The molecule has 0 aromatic carbocycles. The number of aliphatic hydroxyl groups excluding tert-OH is 1. The SMILES string of the molecule is O=C(OCCO)C1COOC1. The van der Waals surface area contributed by atoms with Crippen molar-refractivity contribution in [3.63, 3.8) is 0 Å². The first-order valence-corrected chi connectivity index (χ1v) is 3.36. The molecule has 1 fully saturated rings. The third-order valence-electron chi connectivity index (χ3n) is 1.29. The molecule has 0 amide bonds. The molecule has 0 aromatic heterocycles. The molecule has 1 heterocycles. The summed E-state index contributed by atoms with van der Waals surface area (Å²) in [5, 5.41) is 8.32. The Labute approximate surface area is 63.8 Å². The third-order valence-corrected chi connectivity index (χ3v) is 1.29. The Balaban J connectivity index is 2.17. The van der Waals surface area contributed by atoms with Gasteiger partial charge in [-0.3, -0.25) is 4.79 Å². The van der Waals surface area contributed by atoms with E-state index in [9.17, 15) is 4.79 Å². The number of carbonyl (C=O) groups is 1. The van der Waals surface area contributed by atoms with Crippen LogP contribution in [0.25, 0.3) is 0 Å². The third kappa shape index (κ3) is 2.45. The fourth-order valence-electron chi connectivity index (χ4n) is 0.709. The van der Waals surface area contributed by atoms with Crippen LogP contribution in [-0.4, -0.2) is 37.5 Å². The molecule has 0 unspecified atom stereocenters. The van der Waals surface area contributed by atoms with Crippen molar-refractivity contribution in [2.75, 3.05) is 26.4 Å². The largest absolute Gasteiger partial charge is 0.463 e. The van der Waals surface area contributed by atoms with Crippen LogP contribution in [0.2, 0.25) is 0 Å². The van der Waals surface area contributed by atoms with Gasteiger partial charge in [-0.1, -0.05) is 0 Å². The molecule has 1 saturated heterocycles. The Kier molecular flexibility index (Phi) is 3.28. The van der Waals surface area contributed by atoms with Gasteiger partial charge in [0, 0.05) is 0 Å². The fourth-order valence-corrected chi connectivity index (χ4v) is 0.709. The van der Waals surface area contributed by atoms with Gasteiger partial charge in [-0.25, -0.2) is 9.78 Å². The van der Waals surface area contributed by atoms with Gasteiger partial charge in [-0.2, -0.15) is 0 Å². The summed E-state index contributed by atoms with van der Waals surface area (Å²) in [5.41, 5.74) is 0. The molecule has 11 heavy (non-hydrogen) atoms. The van der Waals surface area contributed by atoms with E-state index in [1.807, 2.05) is 0 Å². The number of carbonyl (C=O) groups excluding carboxylic acids is 1. The Bertz CT molecular complexity index is 129. The van der Waals surface area contributed by atoms with Crippen LogP contribution < -0.4 is 0 Å². The standard InChI is InChI=1S/C6H10O5/c7-1-2-9-6(8)5-3-10-11-4-5/h5,7H,1-4H2. The van der Waals surface area contributed by atoms with Crippen molar-refractivity contribution >= 4 is 5.97 Å². The van der Waals surface area contributed by atoms with Gasteiger partial charge in [0.2, 0.25) is 0 Å². The number of hydrogen-bond acceptors (Lipinski definition) is 5. The molecule has 0 spiro atoms. The average Bonchev–Trinajstić information content (AvgIpc) is 2.52. The summed E-state index contributed by atoms with van der Waals surface area (Å²) in [7, 11) is 0. The van der Waals surface area contributed by atoms with Crippen LogP contribution in [0.5, 0.6) is 0 Å². The molecule has 1 rings (SSSR count). The van der Waals surface area contributed by atoms with E-state index in [-0.39, 0.29) is 38.3 Å². The van der Waals surface area contributed by atoms with Crippen LogP contribution >= 0.6 is 0 Å². The first-order valence-electron chi connectivity index (χ1n) is 3.36. The molecule has 0 saturated carbocycles. The lowest BCUT2D eigenvalue weighted by atomic mass is 10.2. The van der Waals surface area contributed by atoms with Gasteiger partial charge in [0.15, 0.2) is 0 Å². The molecular formula is C6H10O5. The van der Waals surface area contributed by atoms with Gasteiger partial charge in [0.1, 0.15) is 12.5 Å². The van der Waals surface area contributed by atoms with Crippen LogP contribution in [0.1, 0.15) is 0 Å². The van der Waals surface area contributed by atoms with Crippen molar-refractivity contribution in [2.45, 2.75) is 0 Å². The van der Waals surface area contributed by atoms with E-state index in [1.54, 1.807) is 0 Å². The number of esters is 1. The Morgan fingerprint density at radius 3 is 2.73 bits per heavy atom. The highest BCUT2D eigenvalue weighted by atomic mass is 17.2. The zero-order valence-electron chi connectivity index (χ0n) is 5.99. The fraction of sp³-hybridized carbons (Fsp3) is 0.833. The first-order chi connectivity index (χ1) is 5.34. The highest BCUT2D eigenvalue weighted by Gasteiger charge is 2.26. The molecule has 5 nitrogen and oxygen atoms in total. The minimum atomic E-state index is -0.378. The lowest BCUT2D eigenvalue weighted by molar-refractivity contribution is -0.248. The summed E-state index contributed by atoms with van der Waals surface area (Å²) in [6.45, 7) is 0.365. The second-order valence-electron chi connectivity index (χ2n) is 2.16. The summed E-state index contributed by atoms with van der Waals surface area (Å²) in [4.78, 5) is 19.9. The van der Waals surface area contributed by atoms with E-state index in [2.05, 4.69) is 14.5 Å². The van der Waals surface area contributed by atoms with Crippen molar-refractivity contribution in [2.24, 2.45) is 5.92 Å². The van der Waals surface area contributed by atoms with E-state index < -0.39 is 0 Å². The predicted molar refractivity (Wildman–Crippen MR) is 33.4 cm³/mol. The number of rotatable bonds is 3. The van der Waals surface area contributed by atoms with Gasteiger partial charge in [0.25, 0.3) is 0 Å². The first kappa shape index (κ1) is 8.45. The zero-order valence-corrected chi connectivity index (χ0v) is 5.99. The highest BCUT2D eigenvalue weighted by Crippen LogP contribution is 2.09. The number of aliphatic hydroxyl groups is 1. The molecule has 64 valence electrons.